The number of aryl methyl sites for hydroxylation is 2. The monoisotopic (exact) mass is 404 g/mol. The minimum atomic E-state index is 0.535. The van der Waals surface area contributed by atoms with Crippen LogP contribution in [0.25, 0.3) is 12.2 Å². The molecular weight excluding hydrogens is 376 g/mol. The number of aromatic nitrogens is 4. The van der Waals surface area contributed by atoms with Gasteiger partial charge < -0.3 is 20.9 Å². The number of rotatable bonds is 5. The maximum absolute atomic E-state index is 6.49. The summed E-state index contributed by atoms with van der Waals surface area (Å²) in [7, 11) is 2.13. The molecule has 0 unspecified atom stereocenters. The van der Waals surface area contributed by atoms with E-state index in [1.807, 2.05) is 25.1 Å². The van der Waals surface area contributed by atoms with Gasteiger partial charge in [0.05, 0.1) is 0 Å². The summed E-state index contributed by atoms with van der Waals surface area (Å²) >= 11 is 0. The summed E-state index contributed by atoms with van der Waals surface area (Å²) in [6.45, 7) is 7.72. The molecule has 0 aliphatic carbocycles. The Hall–Kier alpha value is -3.39. The molecule has 0 radical (unpaired) electrons. The normalized spacial score (nSPS) is 15.1. The third kappa shape index (κ3) is 4.60. The van der Waals surface area contributed by atoms with Gasteiger partial charge in [0.25, 0.3) is 0 Å². The minimum Gasteiger partial charge on any atom is -0.393 e. The van der Waals surface area contributed by atoms with E-state index in [0.717, 1.165) is 43.3 Å². The molecule has 1 fully saturated rings. The Morgan fingerprint density at radius 2 is 1.77 bits per heavy atom. The van der Waals surface area contributed by atoms with Crippen LogP contribution in [0.4, 0.5) is 23.1 Å². The van der Waals surface area contributed by atoms with Crippen LogP contribution in [-0.4, -0.2) is 58.3 Å². The number of benzene rings is 1. The van der Waals surface area contributed by atoms with Crippen molar-refractivity contribution >= 4 is 35.3 Å². The molecule has 4 rings (SSSR count). The van der Waals surface area contributed by atoms with Gasteiger partial charge in [0.15, 0.2) is 23.3 Å². The average Bonchev–Trinajstić information content (AvgIpc) is 3.15. The van der Waals surface area contributed by atoms with Gasteiger partial charge in [0, 0.05) is 37.9 Å². The van der Waals surface area contributed by atoms with Crippen LogP contribution in [0.15, 0.2) is 30.3 Å². The van der Waals surface area contributed by atoms with Crippen LogP contribution in [-0.2, 0) is 0 Å². The number of nitrogens with zero attached hydrogens (tertiary/aromatic N) is 5. The molecule has 3 aromatic rings. The number of hydrogen-bond acceptors (Lipinski definition) is 7. The van der Waals surface area contributed by atoms with Crippen molar-refractivity contribution in [2.75, 3.05) is 49.2 Å². The van der Waals surface area contributed by atoms with Crippen molar-refractivity contribution in [2.45, 2.75) is 13.8 Å². The van der Waals surface area contributed by atoms with E-state index in [2.05, 4.69) is 68.5 Å². The quantitative estimate of drug-likeness (QED) is 0.601. The largest absolute Gasteiger partial charge is 0.393 e. The number of nitrogen functional groups attached to an aromatic ring is 1. The van der Waals surface area contributed by atoms with E-state index in [1.54, 1.807) is 0 Å². The number of hydrogen-bond donors (Lipinski definition) is 3. The van der Waals surface area contributed by atoms with Gasteiger partial charge in [-0.05, 0) is 32.5 Å². The summed E-state index contributed by atoms with van der Waals surface area (Å²) in [5.41, 5.74) is 10.3. The van der Waals surface area contributed by atoms with Crippen molar-refractivity contribution in [2.24, 2.45) is 0 Å². The molecule has 2 aromatic heterocycles. The summed E-state index contributed by atoms with van der Waals surface area (Å²) in [5.74, 6) is 2.61. The van der Waals surface area contributed by atoms with Gasteiger partial charge in [-0.1, -0.05) is 35.9 Å². The molecule has 3 heterocycles. The number of H-pyrrole nitrogens is 1. The zero-order valence-electron chi connectivity index (χ0n) is 17.7. The lowest BCUT2D eigenvalue weighted by Crippen LogP contribution is -2.45. The predicted octanol–water partition coefficient (Wildman–Crippen LogP) is 3.06. The number of piperazine rings is 1. The van der Waals surface area contributed by atoms with Gasteiger partial charge in [0.2, 0.25) is 0 Å². The molecule has 1 saturated heterocycles. The highest BCUT2D eigenvalue weighted by molar-refractivity contribution is 5.80. The van der Waals surface area contributed by atoms with Gasteiger partial charge in [-0.2, -0.15) is 5.10 Å². The van der Waals surface area contributed by atoms with Crippen LogP contribution in [0.3, 0.4) is 0 Å². The third-order valence-corrected chi connectivity index (χ3v) is 5.20. The highest BCUT2D eigenvalue weighted by atomic mass is 15.3. The summed E-state index contributed by atoms with van der Waals surface area (Å²) < 4.78 is 0. The average molecular weight is 405 g/mol. The van der Waals surface area contributed by atoms with E-state index in [-0.39, 0.29) is 0 Å². The molecular formula is C22H28N8. The zero-order chi connectivity index (χ0) is 21.1. The molecule has 1 aliphatic rings. The zero-order valence-corrected chi connectivity index (χ0v) is 17.7. The lowest BCUT2D eigenvalue weighted by Gasteiger charge is -2.34. The lowest BCUT2D eigenvalue weighted by atomic mass is 10.1. The highest BCUT2D eigenvalue weighted by Gasteiger charge is 2.21. The van der Waals surface area contributed by atoms with Crippen LogP contribution < -0.4 is 16.0 Å². The van der Waals surface area contributed by atoms with Crippen molar-refractivity contribution in [3.63, 3.8) is 0 Å². The SMILES string of the molecule is Cc1ccc(/C=C/c2nc(Nc3cc(C)[nH]n3)c(N)c(N3CCN(C)CC3)n2)cc1. The van der Waals surface area contributed by atoms with E-state index >= 15 is 0 Å². The van der Waals surface area contributed by atoms with E-state index in [4.69, 9.17) is 10.7 Å². The van der Waals surface area contributed by atoms with Crippen molar-refractivity contribution in [3.8, 4) is 0 Å². The van der Waals surface area contributed by atoms with E-state index in [1.165, 1.54) is 5.56 Å². The second-order valence-electron chi connectivity index (χ2n) is 7.76. The van der Waals surface area contributed by atoms with Crippen molar-refractivity contribution in [1.29, 1.82) is 0 Å². The van der Waals surface area contributed by atoms with E-state index in [0.29, 0.717) is 23.1 Å². The molecule has 1 aromatic carbocycles. The molecule has 8 heteroatoms. The molecule has 0 atom stereocenters. The molecule has 0 saturated carbocycles. The second kappa shape index (κ2) is 8.54. The van der Waals surface area contributed by atoms with E-state index < -0.39 is 0 Å². The Morgan fingerprint density at radius 1 is 1.03 bits per heavy atom. The number of nitrogens with two attached hydrogens (primary N) is 1. The molecule has 0 bridgehead atoms. The molecule has 1 aliphatic heterocycles. The van der Waals surface area contributed by atoms with Gasteiger partial charge in [0.1, 0.15) is 5.69 Å². The van der Waals surface area contributed by atoms with E-state index in [9.17, 15) is 0 Å². The van der Waals surface area contributed by atoms with Gasteiger partial charge in [-0.3, -0.25) is 5.10 Å². The van der Waals surface area contributed by atoms with Gasteiger partial charge >= 0.3 is 0 Å². The van der Waals surface area contributed by atoms with Gasteiger partial charge in [-0.15, -0.1) is 0 Å². The highest BCUT2D eigenvalue weighted by Crippen LogP contribution is 2.30. The molecule has 0 spiro atoms. The Kier molecular flexibility index (Phi) is 5.67. The smallest absolute Gasteiger partial charge is 0.161 e. The van der Waals surface area contributed by atoms with Crippen molar-refractivity contribution in [3.05, 3.63) is 53.0 Å². The Bertz CT molecular complexity index is 1030. The standard InChI is InChI=1S/C22H28N8/c1-15-4-6-17(7-5-15)8-9-18-24-21(25-19-14-16(2)27-28-19)20(23)22(26-18)30-12-10-29(3)11-13-30/h4-9,14H,10-13,23H2,1-3H3,(H2,24,25,26,27,28)/b9-8+. The maximum Gasteiger partial charge on any atom is 0.161 e. The Balaban J connectivity index is 1.68. The first kappa shape index (κ1) is 19.9. The van der Waals surface area contributed by atoms with Crippen LogP contribution >= 0.6 is 0 Å². The van der Waals surface area contributed by atoms with Crippen LogP contribution in [0, 0.1) is 13.8 Å². The van der Waals surface area contributed by atoms with Crippen molar-refractivity contribution < 1.29 is 0 Å². The summed E-state index contributed by atoms with van der Waals surface area (Å²) in [5, 5.41) is 10.4. The molecule has 8 nitrogen and oxygen atoms in total. The van der Waals surface area contributed by atoms with Crippen LogP contribution in [0.1, 0.15) is 22.6 Å². The third-order valence-electron chi connectivity index (χ3n) is 5.20. The second-order valence-corrected chi connectivity index (χ2v) is 7.76. The Labute approximate surface area is 176 Å². The number of nitrogens with one attached hydrogen (secondary N) is 2. The predicted molar refractivity (Wildman–Crippen MR) is 123 cm³/mol. The molecule has 4 N–H and O–H groups in total. The number of aromatic amines is 1. The fourth-order valence-electron chi connectivity index (χ4n) is 3.36. The first-order chi connectivity index (χ1) is 14.5. The Morgan fingerprint density at radius 3 is 2.43 bits per heavy atom. The summed E-state index contributed by atoms with van der Waals surface area (Å²) in [6, 6.07) is 10.3. The topological polar surface area (TPSA) is 99.0 Å². The number of anilines is 4. The molecule has 30 heavy (non-hydrogen) atoms. The summed E-state index contributed by atoms with van der Waals surface area (Å²) in [6.07, 6.45) is 3.94. The van der Waals surface area contributed by atoms with Crippen LogP contribution in [0.2, 0.25) is 0 Å². The first-order valence-electron chi connectivity index (χ1n) is 10.1. The van der Waals surface area contributed by atoms with Crippen LogP contribution in [0.5, 0.6) is 0 Å². The number of likely N-dealkylation sites (N-methyl/N-ethyl adjacent to an activating group) is 1. The summed E-state index contributed by atoms with van der Waals surface area (Å²) in [4.78, 5) is 14.0. The molecule has 156 valence electrons. The van der Waals surface area contributed by atoms with Gasteiger partial charge in [-0.25, -0.2) is 9.97 Å². The fourth-order valence-corrected chi connectivity index (χ4v) is 3.36. The fraction of sp³-hybridized carbons (Fsp3) is 0.318. The lowest BCUT2D eigenvalue weighted by molar-refractivity contribution is 0.312. The first-order valence-corrected chi connectivity index (χ1v) is 10.1. The molecule has 0 amide bonds. The maximum atomic E-state index is 6.49. The van der Waals surface area contributed by atoms with Crippen molar-refractivity contribution in [1.82, 2.24) is 25.1 Å². The minimum absolute atomic E-state index is 0.535.